The van der Waals surface area contributed by atoms with E-state index in [9.17, 15) is 0 Å². The molecule has 0 aromatic heterocycles. The fraction of sp³-hybridized carbons (Fsp3) is 0.708. The van der Waals surface area contributed by atoms with Gasteiger partial charge in [0.05, 0.1) is 13.2 Å². The maximum Gasteiger partial charge on any atom is 0.195 e. The second-order valence-electron chi connectivity index (χ2n) is 8.74. The number of nitrogens with zero attached hydrogens (tertiary/aromatic N) is 1. The number of hydrogen-bond acceptors (Lipinski definition) is 5. The van der Waals surface area contributed by atoms with Gasteiger partial charge in [0, 0.05) is 57.7 Å². The Morgan fingerprint density at radius 3 is 2.34 bits per heavy atom. The number of benzene rings is 1. The van der Waals surface area contributed by atoms with Gasteiger partial charge in [-0.15, -0.1) is 24.0 Å². The summed E-state index contributed by atoms with van der Waals surface area (Å²) in [5, 5.41) is 6.84. The van der Waals surface area contributed by atoms with Crippen LogP contribution in [0.5, 0.6) is 11.5 Å². The van der Waals surface area contributed by atoms with Gasteiger partial charge in [0.25, 0.3) is 0 Å². The lowest BCUT2D eigenvalue weighted by Gasteiger charge is -2.15. The van der Waals surface area contributed by atoms with Gasteiger partial charge in [-0.25, -0.2) is 0 Å². The summed E-state index contributed by atoms with van der Waals surface area (Å²) in [7, 11) is 0. The van der Waals surface area contributed by atoms with Crippen molar-refractivity contribution < 1.29 is 18.9 Å². The highest BCUT2D eigenvalue weighted by Crippen LogP contribution is 2.32. The Morgan fingerprint density at radius 2 is 1.62 bits per heavy atom. The molecule has 7 nitrogen and oxygen atoms in total. The predicted molar refractivity (Wildman–Crippen MR) is 138 cm³/mol. The van der Waals surface area contributed by atoms with Crippen LogP contribution in [0.3, 0.4) is 0 Å². The molecule has 8 heteroatoms. The van der Waals surface area contributed by atoms with Gasteiger partial charge in [-0.2, -0.15) is 0 Å². The Balaban J connectivity index is 0.00000289. The highest BCUT2D eigenvalue weighted by atomic mass is 127. The van der Waals surface area contributed by atoms with E-state index in [2.05, 4.69) is 10.6 Å². The largest absolute Gasteiger partial charge is 0.490 e. The average molecular weight is 559 g/mol. The van der Waals surface area contributed by atoms with Crippen molar-refractivity contribution >= 4 is 35.6 Å². The third kappa shape index (κ3) is 9.70. The molecule has 0 saturated heterocycles. The van der Waals surface area contributed by atoms with Crippen LogP contribution in [0, 0.1) is 11.8 Å². The number of guanidine groups is 1. The summed E-state index contributed by atoms with van der Waals surface area (Å²) in [6.45, 7) is 6.30. The van der Waals surface area contributed by atoms with Gasteiger partial charge in [-0.3, -0.25) is 4.99 Å². The monoisotopic (exact) mass is 559 g/mol. The summed E-state index contributed by atoms with van der Waals surface area (Å²) >= 11 is 0. The van der Waals surface area contributed by atoms with Crippen molar-refractivity contribution in [1.29, 1.82) is 0 Å². The summed E-state index contributed by atoms with van der Waals surface area (Å²) in [6.07, 6.45) is 8.10. The first kappa shape index (κ1) is 25.4. The van der Waals surface area contributed by atoms with Crippen molar-refractivity contribution in [2.24, 2.45) is 16.8 Å². The van der Waals surface area contributed by atoms with E-state index in [-0.39, 0.29) is 24.0 Å². The lowest BCUT2D eigenvalue weighted by Crippen LogP contribution is -2.32. The van der Waals surface area contributed by atoms with Crippen molar-refractivity contribution in [2.45, 2.75) is 44.9 Å². The quantitative estimate of drug-likeness (QED) is 0.161. The molecule has 0 atom stereocenters. The van der Waals surface area contributed by atoms with E-state index in [4.69, 9.17) is 23.9 Å². The molecule has 3 aliphatic rings. The number of fused-ring (bicyclic) bond motifs is 1. The normalized spacial score (nSPS) is 17.9. The van der Waals surface area contributed by atoms with E-state index in [1.165, 1.54) is 25.7 Å². The summed E-state index contributed by atoms with van der Waals surface area (Å²) < 4.78 is 23.0. The molecule has 2 fully saturated rings. The van der Waals surface area contributed by atoms with Crippen LogP contribution in [0.1, 0.15) is 44.9 Å². The van der Waals surface area contributed by atoms with Crippen molar-refractivity contribution in [2.75, 3.05) is 58.0 Å². The van der Waals surface area contributed by atoms with Crippen molar-refractivity contribution in [3.8, 4) is 11.5 Å². The third-order valence-electron chi connectivity index (χ3n) is 5.59. The zero-order valence-electron chi connectivity index (χ0n) is 19.0. The topological polar surface area (TPSA) is 73.3 Å². The summed E-state index contributed by atoms with van der Waals surface area (Å²) in [6, 6.07) is 5.94. The summed E-state index contributed by atoms with van der Waals surface area (Å²) in [5.41, 5.74) is 0.936. The van der Waals surface area contributed by atoms with E-state index < -0.39 is 0 Å². The first-order valence-electron chi connectivity index (χ1n) is 12.0. The second-order valence-corrected chi connectivity index (χ2v) is 8.74. The minimum Gasteiger partial charge on any atom is -0.490 e. The molecule has 180 valence electrons. The van der Waals surface area contributed by atoms with Gasteiger partial charge < -0.3 is 29.6 Å². The van der Waals surface area contributed by atoms with Crippen LogP contribution >= 0.6 is 24.0 Å². The number of hydrogen-bond donors (Lipinski definition) is 2. The standard InChI is InChI=1S/C24H37N3O4.HI/c1(12-28-17-19-4-5-19)10-25-24(26-11-2-13-29-18-20-6-7-20)27-21-8-9-22-23(16-21)31-15-3-14-30-22;/h8-9,16,19-20H,1-7,10-15,17-18H2,(H2,25,26,27);1H. The highest BCUT2D eigenvalue weighted by Gasteiger charge is 2.21. The molecule has 4 rings (SSSR count). The van der Waals surface area contributed by atoms with Gasteiger partial charge in [0.2, 0.25) is 0 Å². The van der Waals surface area contributed by atoms with E-state index >= 15 is 0 Å². The van der Waals surface area contributed by atoms with Gasteiger partial charge in [0.1, 0.15) is 0 Å². The van der Waals surface area contributed by atoms with E-state index in [0.717, 1.165) is 93.8 Å². The molecule has 1 aromatic rings. The van der Waals surface area contributed by atoms with Crippen LogP contribution in [0.15, 0.2) is 23.2 Å². The molecule has 1 aromatic carbocycles. The van der Waals surface area contributed by atoms with Crippen LogP contribution in [-0.4, -0.2) is 58.7 Å². The molecule has 2 saturated carbocycles. The summed E-state index contributed by atoms with van der Waals surface area (Å²) in [4.78, 5) is 4.74. The number of aliphatic imine (C=N–C) groups is 1. The Labute approximate surface area is 209 Å². The van der Waals surface area contributed by atoms with Crippen molar-refractivity contribution in [1.82, 2.24) is 5.32 Å². The second kappa shape index (κ2) is 14.1. The van der Waals surface area contributed by atoms with Gasteiger partial charge in [-0.1, -0.05) is 0 Å². The van der Waals surface area contributed by atoms with Crippen molar-refractivity contribution in [3.05, 3.63) is 18.2 Å². The third-order valence-corrected chi connectivity index (χ3v) is 5.59. The maximum atomic E-state index is 5.81. The fourth-order valence-electron chi connectivity index (χ4n) is 3.32. The molecule has 0 bridgehead atoms. The molecule has 1 aliphatic heterocycles. The van der Waals surface area contributed by atoms with Gasteiger partial charge in [0.15, 0.2) is 17.5 Å². The lowest BCUT2D eigenvalue weighted by atomic mass is 10.2. The molecular formula is C24H38IN3O4. The first-order valence-corrected chi connectivity index (χ1v) is 12.0. The van der Waals surface area contributed by atoms with Crippen LogP contribution in [0.2, 0.25) is 0 Å². The Kier molecular flexibility index (Phi) is 11.2. The fourth-order valence-corrected chi connectivity index (χ4v) is 3.32. The summed E-state index contributed by atoms with van der Waals surface area (Å²) in [5.74, 6) is 3.98. The number of nitrogens with one attached hydrogen (secondary N) is 2. The number of ether oxygens (including phenoxy) is 4. The van der Waals surface area contributed by atoms with E-state index in [0.29, 0.717) is 13.2 Å². The van der Waals surface area contributed by atoms with E-state index in [1.807, 2.05) is 18.2 Å². The molecule has 0 radical (unpaired) electrons. The predicted octanol–water partition coefficient (Wildman–Crippen LogP) is 4.46. The number of halogens is 1. The Bertz CT molecular complexity index is 710. The Morgan fingerprint density at radius 1 is 0.938 bits per heavy atom. The maximum absolute atomic E-state index is 5.81. The van der Waals surface area contributed by atoms with Gasteiger partial charge >= 0.3 is 0 Å². The van der Waals surface area contributed by atoms with Crippen LogP contribution in [0.25, 0.3) is 0 Å². The molecule has 2 N–H and O–H groups in total. The SMILES string of the molecule is I.c1cc2c(cc1NC(=NCCCOCC1CC1)NCCCOCC1CC1)OCCCO2. The average Bonchev–Trinajstić information content (AvgIpc) is 3.67. The molecule has 0 amide bonds. The minimum atomic E-state index is 0. The first-order chi connectivity index (χ1) is 15.4. The lowest BCUT2D eigenvalue weighted by molar-refractivity contribution is 0.123. The highest BCUT2D eigenvalue weighted by molar-refractivity contribution is 14.0. The van der Waals surface area contributed by atoms with Crippen LogP contribution in [0.4, 0.5) is 5.69 Å². The van der Waals surface area contributed by atoms with Gasteiger partial charge in [-0.05, 0) is 62.5 Å². The molecule has 2 aliphatic carbocycles. The molecule has 1 heterocycles. The minimum absolute atomic E-state index is 0. The number of rotatable bonds is 13. The molecular weight excluding hydrogens is 521 g/mol. The van der Waals surface area contributed by atoms with Crippen LogP contribution < -0.4 is 20.1 Å². The Hall–Kier alpha value is -1.26. The zero-order chi connectivity index (χ0) is 21.1. The molecule has 32 heavy (non-hydrogen) atoms. The zero-order valence-corrected chi connectivity index (χ0v) is 21.3. The number of anilines is 1. The smallest absolute Gasteiger partial charge is 0.195 e. The van der Waals surface area contributed by atoms with E-state index in [1.54, 1.807) is 0 Å². The van der Waals surface area contributed by atoms with Crippen molar-refractivity contribution in [3.63, 3.8) is 0 Å². The molecule has 0 spiro atoms. The molecule has 0 unspecified atom stereocenters. The van der Waals surface area contributed by atoms with Crippen LogP contribution in [-0.2, 0) is 9.47 Å².